The van der Waals surface area contributed by atoms with Crippen LogP contribution in [-0.4, -0.2) is 25.2 Å². The molecule has 30 heavy (non-hydrogen) atoms. The van der Waals surface area contributed by atoms with E-state index in [0.717, 1.165) is 23.2 Å². The number of rotatable bonds is 4. The monoisotopic (exact) mass is 402 g/mol. The first-order valence-corrected chi connectivity index (χ1v) is 9.54. The highest BCUT2D eigenvalue weighted by Crippen LogP contribution is 2.33. The molecule has 0 saturated heterocycles. The molecule has 150 valence electrons. The van der Waals surface area contributed by atoms with Crippen molar-refractivity contribution in [2.24, 2.45) is 0 Å². The molecule has 0 saturated carbocycles. The highest BCUT2D eigenvalue weighted by atomic mass is 16.7. The third-order valence-electron chi connectivity index (χ3n) is 5.05. The van der Waals surface area contributed by atoms with E-state index < -0.39 is 0 Å². The Balaban J connectivity index is 1.29. The number of anilines is 2. The van der Waals surface area contributed by atoms with Gasteiger partial charge in [-0.05, 0) is 60.0 Å². The normalized spacial score (nSPS) is 14.2. The molecule has 7 nitrogen and oxygen atoms in total. The van der Waals surface area contributed by atoms with Crippen molar-refractivity contribution >= 4 is 29.3 Å². The zero-order valence-corrected chi connectivity index (χ0v) is 16.0. The number of ether oxygens (including phenoxy) is 2. The van der Waals surface area contributed by atoms with Gasteiger partial charge in [-0.3, -0.25) is 9.59 Å². The van der Waals surface area contributed by atoms with Gasteiger partial charge in [-0.15, -0.1) is 0 Å². The number of fused-ring (bicyclic) bond motifs is 2. The van der Waals surface area contributed by atoms with Crippen molar-refractivity contribution < 1.29 is 23.5 Å². The fourth-order valence-corrected chi connectivity index (χ4v) is 3.57. The van der Waals surface area contributed by atoms with Gasteiger partial charge in [0.1, 0.15) is 0 Å². The van der Waals surface area contributed by atoms with Crippen LogP contribution in [0.25, 0.3) is 6.08 Å². The van der Waals surface area contributed by atoms with Crippen LogP contribution in [-0.2, 0) is 11.2 Å². The van der Waals surface area contributed by atoms with E-state index in [0.29, 0.717) is 29.5 Å². The molecule has 0 radical (unpaired) electrons. The molecule has 0 unspecified atom stereocenters. The van der Waals surface area contributed by atoms with Crippen LogP contribution in [0.1, 0.15) is 21.7 Å². The number of nitrogens with one attached hydrogen (secondary N) is 1. The fourth-order valence-electron chi connectivity index (χ4n) is 3.57. The lowest BCUT2D eigenvalue weighted by atomic mass is 10.1. The van der Waals surface area contributed by atoms with E-state index in [2.05, 4.69) is 5.32 Å². The summed E-state index contributed by atoms with van der Waals surface area (Å²) in [6, 6.07) is 14.4. The van der Waals surface area contributed by atoms with Crippen molar-refractivity contribution in [1.29, 1.82) is 0 Å². The van der Waals surface area contributed by atoms with E-state index in [4.69, 9.17) is 13.9 Å². The summed E-state index contributed by atoms with van der Waals surface area (Å²) < 4.78 is 15.9. The van der Waals surface area contributed by atoms with E-state index in [1.54, 1.807) is 23.1 Å². The van der Waals surface area contributed by atoms with Gasteiger partial charge in [-0.25, -0.2) is 0 Å². The summed E-state index contributed by atoms with van der Waals surface area (Å²) in [5, 5.41) is 2.85. The first-order valence-electron chi connectivity index (χ1n) is 9.54. The maximum atomic E-state index is 12.7. The molecular weight excluding hydrogens is 384 g/mol. The summed E-state index contributed by atoms with van der Waals surface area (Å²) in [7, 11) is 0. The van der Waals surface area contributed by atoms with Gasteiger partial charge in [0.2, 0.25) is 12.7 Å². The zero-order chi connectivity index (χ0) is 20.5. The Morgan fingerprint density at radius 2 is 1.93 bits per heavy atom. The second-order valence-corrected chi connectivity index (χ2v) is 6.96. The first kappa shape index (κ1) is 18.1. The predicted molar refractivity (Wildman–Crippen MR) is 111 cm³/mol. The maximum absolute atomic E-state index is 12.7. The Morgan fingerprint density at radius 3 is 2.80 bits per heavy atom. The number of nitrogens with zero attached hydrogens (tertiary/aromatic N) is 1. The average Bonchev–Trinajstić information content (AvgIpc) is 3.51. The first-order chi connectivity index (χ1) is 14.7. The van der Waals surface area contributed by atoms with Crippen molar-refractivity contribution in [3.05, 3.63) is 77.8 Å². The molecule has 0 spiro atoms. The second-order valence-electron chi connectivity index (χ2n) is 6.96. The molecular formula is C23H18N2O5. The number of amides is 2. The minimum absolute atomic E-state index is 0.190. The molecule has 3 aromatic rings. The minimum atomic E-state index is -0.269. The second kappa shape index (κ2) is 7.44. The van der Waals surface area contributed by atoms with E-state index >= 15 is 0 Å². The third-order valence-corrected chi connectivity index (χ3v) is 5.05. The van der Waals surface area contributed by atoms with Crippen molar-refractivity contribution in [3.63, 3.8) is 0 Å². The van der Waals surface area contributed by atoms with Crippen molar-refractivity contribution in [3.8, 4) is 11.5 Å². The minimum Gasteiger partial charge on any atom is -0.459 e. The Morgan fingerprint density at radius 1 is 1.03 bits per heavy atom. The summed E-state index contributed by atoms with van der Waals surface area (Å²) in [4.78, 5) is 26.7. The van der Waals surface area contributed by atoms with Crippen LogP contribution >= 0.6 is 0 Å². The Hall–Kier alpha value is -4.00. The van der Waals surface area contributed by atoms with Crippen molar-refractivity contribution in [1.82, 2.24) is 0 Å². The summed E-state index contributed by atoms with van der Waals surface area (Å²) >= 11 is 0. The lowest BCUT2D eigenvalue weighted by Gasteiger charge is -2.16. The summed E-state index contributed by atoms with van der Waals surface area (Å²) in [5.74, 6) is 1.20. The number of carbonyl (C=O) groups is 2. The zero-order valence-electron chi connectivity index (χ0n) is 16.0. The Labute approximate surface area is 172 Å². The van der Waals surface area contributed by atoms with E-state index in [1.807, 2.05) is 36.4 Å². The highest BCUT2D eigenvalue weighted by Gasteiger charge is 2.27. The molecule has 2 aromatic carbocycles. The number of hydrogen-bond acceptors (Lipinski definition) is 5. The van der Waals surface area contributed by atoms with Gasteiger partial charge < -0.3 is 24.1 Å². The summed E-state index contributed by atoms with van der Waals surface area (Å²) in [6.07, 6.45) is 5.40. The molecule has 0 bridgehead atoms. The van der Waals surface area contributed by atoms with Crippen molar-refractivity contribution in [2.45, 2.75) is 6.42 Å². The molecule has 0 fully saturated rings. The fraction of sp³-hybridized carbons (Fsp3) is 0.130. The van der Waals surface area contributed by atoms with Gasteiger partial charge in [-0.2, -0.15) is 0 Å². The maximum Gasteiger partial charge on any atom is 0.293 e. The molecule has 0 aliphatic carbocycles. The molecule has 2 amide bonds. The lowest BCUT2D eigenvalue weighted by molar-refractivity contribution is -0.111. The molecule has 5 rings (SSSR count). The summed E-state index contributed by atoms with van der Waals surface area (Å²) in [6.45, 7) is 0.789. The largest absolute Gasteiger partial charge is 0.459 e. The number of carbonyl (C=O) groups excluding carboxylic acids is 2. The molecule has 2 aliphatic heterocycles. The van der Waals surface area contributed by atoms with Crippen LogP contribution in [0.5, 0.6) is 11.5 Å². The molecule has 1 aromatic heterocycles. The highest BCUT2D eigenvalue weighted by molar-refractivity contribution is 6.06. The number of furan rings is 1. The van der Waals surface area contributed by atoms with E-state index in [1.165, 1.54) is 12.3 Å². The van der Waals surface area contributed by atoms with E-state index in [-0.39, 0.29) is 18.6 Å². The van der Waals surface area contributed by atoms with Gasteiger partial charge in [0.05, 0.1) is 6.26 Å². The Bertz CT molecular complexity index is 1150. The standard InChI is InChI=1S/C23H18N2O5/c26-22(8-4-15-3-7-19-21(12-15)30-14-29-19)24-17-6-5-16-9-10-25(18(16)13-17)23(27)20-2-1-11-28-20/h1-8,11-13H,9-10,14H2,(H,24,26)/b8-4+. The molecule has 7 heteroatoms. The van der Waals surface area contributed by atoms with Gasteiger partial charge in [-0.1, -0.05) is 12.1 Å². The number of benzene rings is 2. The van der Waals surface area contributed by atoms with Crippen LogP contribution in [0.15, 0.2) is 65.3 Å². The molecule has 0 atom stereocenters. The van der Waals surface area contributed by atoms with E-state index in [9.17, 15) is 9.59 Å². The predicted octanol–water partition coefficient (Wildman–Crippen LogP) is 3.86. The topological polar surface area (TPSA) is 81.0 Å². The number of hydrogen-bond donors (Lipinski definition) is 1. The van der Waals surface area contributed by atoms with Gasteiger partial charge in [0.25, 0.3) is 5.91 Å². The van der Waals surface area contributed by atoms with Crippen LogP contribution in [0.2, 0.25) is 0 Å². The molecule has 2 aliphatic rings. The van der Waals surface area contributed by atoms with Crippen LogP contribution in [0.3, 0.4) is 0 Å². The van der Waals surface area contributed by atoms with Crippen LogP contribution < -0.4 is 19.7 Å². The molecule has 3 heterocycles. The smallest absolute Gasteiger partial charge is 0.293 e. The van der Waals surface area contributed by atoms with Crippen LogP contribution in [0.4, 0.5) is 11.4 Å². The van der Waals surface area contributed by atoms with Gasteiger partial charge in [0.15, 0.2) is 17.3 Å². The molecule has 1 N–H and O–H groups in total. The van der Waals surface area contributed by atoms with Crippen LogP contribution in [0, 0.1) is 0 Å². The SMILES string of the molecule is O=C(/C=C/c1ccc2c(c1)OCO2)Nc1ccc2c(c1)N(C(=O)c1ccco1)CC2. The quantitative estimate of drug-likeness (QED) is 0.670. The van der Waals surface area contributed by atoms with Crippen molar-refractivity contribution in [2.75, 3.05) is 23.6 Å². The average molecular weight is 402 g/mol. The summed E-state index contributed by atoms with van der Waals surface area (Å²) in [5.41, 5.74) is 3.30. The lowest BCUT2D eigenvalue weighted by Crippen LogP contribution is -2.28. The van der Waals surface area contributed by atoms with Gasteiger partial charge >= 0.3 is 0 Å². The third kappa shape index (κ3) is 3.41. The Kier molecular flexibility index (Phi) is 4.48. The van der Waals surface area contributed by atoms with Gasteiger partial charge in [0, 0.05) is 24.0 Å².